The van der Waals surface area contributed by atoms with E-state index in [1.54, 1.807) is 0 Å². The van der Waals surface area contributed by atoms with E-state index in [-0.39, 0.29) is 0 Å². The van der Waals surface area contributed by atoms with Crippen molar-refractivity contribution in [3.63, 3.8) is 0 Å². The molecule has 67 heavy (non-hydrogen) atoms. The number of benzene rings is 11. The highest BCUT2D eigenvalue weighted by atomic mass is 16.3. The van der Waals surface area contributed by atoms with Gasteiger partial charge in [-0.25, -0.2) is 0 Å². The molecule has 11 aromatic carbocycles. The van der Waals surface area contributed by atoms with Gasteiger partial charge in [-0.05, 0) is 127 Å². The van der Waals surface area contributed by atoms with Gasteiger partial charge in [0.25, 0.3) is 0 Å². The van der Waals surface area contributed by atoms with Crippen LogP contribution in [0.1, 0.15) is 22.3 Å². The van der Waals surface area contributed by atoms with Gasteiger partial charge in [-0.3, -0.25) is 0 Å². The largest absolute Gasteiger partial charge is 0.455 e. The maximum Gasteiger partial charge on any atom is 0.143 e. The van der Waals surface area contributed by atoms with Gasteiger partial charge < -0.3 is 9.32 Å². The van der Waals surface area contributed by atoms with E-state index >= 15 is 0 Å². The second-order valence-corrected chi connectivity index (χ2v) is 17.6. The molecule has 1 aliphatic carbocycles. The Hall–Kier alpha value is -8.72. The summed E-state index contributed by atoms with van der Waals surface area (Å²) in [5.41, 5.74) is 19.0. The molecule has 1 aromatic heterocycles. The zero-order valence-corrected chi connectivity index (χ0v) is 36.7. The molecule has 0 saturated heterocycles. The van der Waals surface area contributed by atoms with Gasteiger partial charge in [0.2, 0.25) is 0 Å². The van der Waals surface area contributed by atoms with E-state index in [0.29, 0.717) is 0 Å². The first-order chi connectivity index (χ1) is 33.2. The molecule has 0 amide bonds. The summed E-state index contributed by atoms with van der Waals surface area (Å²) >= 11 is 0. The van der Waals surface area contributed by atoms with Gasteiger partial charge >= 0.3 is 0 Å². The fourth-order valence-corrected chi connectivity index (χ4v) is 10.9. The molecule has 0 saturated carbocycles. The summed E-state index contributed by atoms with van der Waals surface area (Å²) in [4.78, 5) is 2.36. The Balaban J connectivity index is 1.01. The Bertz CT molecular complexity index is 3640. The van der Waals surface area contributed by atoms with Crippen molar-refractivity contribution < 1.29 is 4.42 Å². The standard InChI is InChI=1S/C65H43NO/c1-5-17-44(18-6-1)46-29-34-52(35-30-46)66(53-36-31-47(32-37-53)45-19-7-2-8-20-45)54-38-40-62-58(43-54)59-41-48-21-13-14-26-55(48)63(64(59)67-62)49-33-39-57-56-27-15-16-28-60(56)65(61(57)42-49,50-22-9-3-10-23-50)51-24-11-4-12-25-51/h1-43H. The molecule has 0 atom stereocenters. The molecule has 314 valence electrons. The van der Waals surface area contributed by atoms with Crippen LogP contribution in [0, 0.1) is 0 Å². The van der Waals surface area contributed by atoms with Crippen LogP contribution in [0.5, 0.6) is 0 Å². The third-order valence-electron chi connectivity index (χ3n) is 13.9. The zero-order chi connectivity index (χ0) is 44.3. The Morgan fingerprint density at radius 3 is 1.43 bits per heavy atom. The summed E-state index contributed by atoms with van der Waals surface area (Å²) in [5, 5.41) is 4.49. The molecule has 13 rings (SSSR count). The smallest absolute Gasteiger partial charge is 0.143 e. The van der Waals surface area contributed by atoms with Crippen LogP contribution in [0.3, 0.4) is 0 Å². The maximum atomic E-state index is 7.11. The molecule has 0 radical (unpaired) electrons. The van der Waals surface area contributed by atoms with Crippen molar-refractivity contribution in [2.24, 2.45) is 0 Å². The van der Waals surface area contributed by atoms with E-state index in [0.717, 1.165) is 55.5 Å². The maximum absolute atomic E-state index is 7.11. The van der Waals surface area contributed by atoms with Crippen molar-refractivity contribution in [3.8, 4) is 44.5 Å². The molecule has 0 fully saturated rings. The van der Waals surface area contributed by atoms with Crippen LogP contribution in [0.4, 0.5) is 17.1 Å². The third kappa shape index (κ3) is 6.26. The number of furan rings is 1. The van der Waals surface area contributed by atoms with Crippen LogP contribution in [-0.2, 0) is 5.41 Å². The van der Waals surface area contributed by atoms with Crippen molar-refractivity contribution in [2.75, 3.05) is 4.90 Å². The lowest BCUT2D eigenvalue weighted by molar-refractivity contribution is 0.670. The van der Waals surface area contributed by atoms with Crippen LogP contribution in [-0.4, -0.2) is 0 Å². The highest BCUT2D eigenvalue weighted by molar-refractivity contribution is 6.19. The van der Waals surface area contributed by atoms with Crippen molar-refractivity contribution in [3.05, 3.63) is 283 Å². The number of rotatable bonds is 8. The first-order valence-electron chi connectivity index (χ1n) is 23.1. The van der Waals surface area contributed by atoms with Crippen LogP contribution >= 0.6 is 0 Å². The van der Waals surface area contributed by atoms with Gasteiger partial charge in [-0.1, -0.05) is 206 Å². The monoisotopic (exact) mass is 853 g/mol. The number of fused-ring (bicyclic) bond motifs is 7. The van der Waals surface area contributed by atoms with Gasteiger partial charge in [0.05, 0.1) is 5.41 Å². The van der Waals surface area contributed by atoms with E-state index in [1.165, 1.54) is 61.0 Å². The van der Waals surface area contributed by atoms with Crippen molar-refractivity contribution in [1.82, 2.24) is 0 Å². The lowest BCUT2D eigenvalue weighted by atomic mass is 9.67. The van der Waals surface area contributed by atoms with E-state index < -0.39 is 5.41 Å². The van der Waals surface area contributed by atoms with Gasteiger partial charge in [0, 0.05) is 33.4 Å². The SMILES string of the molecule is c1ccc(-c2ccc(N(c3ccc(-c4ccccc4)cc3)c3ccc4oc5c(-c6ccc7c(c6)C(c6ccccc6)(c6ccccc6)c6ccccc6-7)c6ccccc6cc5c4c3)cc2)cc1. The Kier molecular flexibility index (Phi) is 9.11. The second-order valence-electron chi connectivity index (χ2n) is 17.6. The molecule has 12 aromatic rings. The Morgan fingerprint density at radius 2 is 0.806 bits per heavy atom. The van der Waals surface area contributed by atoms with E-state index in [9.17, 15) is 0 Å². The average Bonchev–Trinajstić information content (AvgIpc) is 3.92. The van der Waals surface area contributed by atoms with E-state index in [4.69, 9.17) is 4.42 Å². The normalized spacial score (nSPS) is 12.6. The minimum Gasteiger partial charge on any atom is -0.455 e. The van der Waals surface area contributed by atoms with E-state index in [2.05, 4.69) is 266 Å². The van der Waals surface area contributed by atoms with Crippen molar-refractivity contribution in [1.29, 1.82) is 0 Å². The zero-order valence-electron chi connectivity index (χ0n) is 36.7. The topological polar surface area (TPSA) is 16.4 Å². The van der Waals surface area contributed by atoms with Crippen molar-refractivity contribution in [2.45, 2.75) is 5.41 Å². The number of hydrogen-bond acceptors (Lipinski definition) is 2. The summed E-state index contributed by atoms with van der Waals surface area (Å²) in [6.45, 7) is 0. The molecule has 0 N–H and O–H groups in total. The Labute approximate surface area is 390 Å². The first kappa shape index (κ1) is 38.7. The van der Waals surface area contributed by atoms with Gasteiger partial charge in [0.1, 0.15) is 11.2 Å². The second kappa shape index (κ2) is 15.8. The minimum absolute atomic E-state index is 0.515. The molecule has 0 bridgehead atoms. The summed E-state index contributed by atoms with van der Waals surface area (Å²) in [6.07, 6.45) is 0. The summed E-state index contributed by atoms with van der Waals surface area (Å²) < 4.78 is 7.11. The average molecular weight is 854 g/mol. The minimum atomic E-state index is -0.515. The van der Waals surface area contributed by atoms with Crippen LogP contribution in [0.2, 0.25) is 0 Å². The lowest BCUT2D eigenvalue weighted by Gasteiger charge is -2.34. The third-order valence-corrected chi connectivity index (χ3v) is 13.9. The molecule has 2 heteroatoms. The molecule has 1 aliphatic rings. The molecular weight excluding hydrogens is 811 g/mol. The quantitative estimate of drug-likeness (QED) is 0.151. The fraction of sp³-hybridized carbons (Fsp3) is 0.0154. The van der Waals surface area contributed by atoms with Gasteiger partial charge in [0.15, 0.2) is 0 Å². The Morgan fingerprint density at radius 1 is 0.313 bits per heavy atom. The molecule has 0 unspecified atom stereocenters. The summed E-state index contributed by atoms with van der Waals surface area (Å²) in [6, 6.07) is 94.8. The molecule has 0 aliphatic heterocycles. The number of nitrogens with zero attached hydrogens (tertiary/aromatic N) is 1. The van der Waals surface area contributed by atoms with Crippen LogP contribution < -0.4 is 4.90 Å². The predicted octanol–water partition coefficient (Wildman–Crippen LogP) is 17.6. The molecule has 1 heterocycles. The molecule has 0 spiro atoms. The highest BCUT2D eigenvalue weighted by Crippen LogP contribution is 2.57. The summed E-state index contributed by atoms with van der Waals surface area (Å²) in [5.74, 6) is 0. The van der Waals surface area contributed by atoms with Crippen molar-refractivity contribution >= 4 is 49.8 Å². The summed E-state index contributed by atoms with van der Waals surface area (Å²) in [7, 11) is 0. The van der Waals surface area contributed by atoms with Crippen LogP contribution in [0.25, 0.3) is 77.2 Å². The van der Waals surface area contributed by atoms with E-state index in [1.807, 2.05) is 0 Å². The fourth-order valence-electron chi connectivity index (χ4n) is 10.9. The highest BCUT2D eigenvalue weighted by Gasteiger charge is 2.46. The van der Waals surface area contributed by atoms with Crippen LogP contribution in [0.15, 0.2) is 265 Å². The molecule has 2 nitrogen and oxygen atoms in total. The first-order valence-corrected chi connectivity index (χ1v) is 23.1. The van der Waals surface area contributed by atoms with Gasteiger partial charge in [-0.2, -0.15) is 0 Å². The predicted molar refractivity (Wildman–Crippen MR) is 280 cm³/mol. The number of hydrogen-bond donors (Lipinski definition) is 0. The van der Waals surface area contributed by atoms with Gasteiger partial charge in [-0.15, -0.1) is 0 Å². The lowest BCUT2D eigenvalue weighted by Crippen LogP contribution is -2.28. The number of anilines is 3. The molecular formula is C65H43NO.